The number of pyridine rings is 1. The van der Waals surface area contributed by atoms with Gasteiger partial charge in [0.25, 0.3) is 5.91 Å². The summed E-state index contributed by atoms with van der Waals surface area (Å²) in [5, 5.41) is 3.93. The van der Waals surface area contributed by atoms with Gasteiger partial charge in [-0.05, 0) is 80.0 Å². The number of carbonyl (C=O) groups excluding carboxylic acids is 3. The fraction of sp³-hybridized carbons (Fsp3) is 0.588. The highest BCUT2D eigenvalue weighted by Crippen LogP contribution is 2.46. The number of halogens is 1. The van der Waals surface area contributed by atoms with Gasteiger partial charge in [-0.2, -0.15) is 0 Å². The normalized spacial score (nSPS) is 31.6. The van der Waals surface area contributed by atoms with E-state index in [2.05, 4.69) is 21.9 Å². The molecular formula is C34H46ClN5O7S. The van der Waals surface area contributed by atoms with E-state index < -0.39 is 50.8 Å². The van der Waals surface area contributed by atoms with Gasteiger partial charge in [-0.15, -0.1) is 12.4 Å². The van der Waals surface area contributed by atoms with Crippen molar-refractivity contribution in [1.82, 2.24) is 19.9 Å². The van der Waals surface area contributed by atoms with E-state index >= 15 is 0 Å². The number of allylic oxidation sites excluding steroid dienone is 1. The van der Waals surface area contributed by atoms with E-state index in [0.717, 1.165) is 30.0 Å². The van der Waals surface area contributed by atoms with Gasteiger partial charge < -0.3 is 25.4 Å². The van der Waals surface area contributed by atoms with E-state index in [-0.39, 0.29) is 49.5 Å². The van der Waals surface area contributed by atoms with Crippen molar-refractivity contribution in [2.24, 2.45) is 23.5 Å². The summed E-state index contributed by atoms with van der Waals surface area (Å²) >= 11 is 0. The Morgan fingerprint density at radius 3 is 2.67 bits per heavy atom. The van der Waals surface area contributed by atoms with Gasteiger partial charge in [-0.3, -0.25) is 19.1 Å². The zero-order valence-electron chi connectivity index (χ0n) is 27.6. The van der Waals surface area contributed by atoms with Gasteiger partial charge in [0.05, 0.1) is 24.9 Å². The van der Waals surface area contributed by atoms with E-state index in [1.165, 1.54) is 4.90 Å². The van der Waals surface area contributed by atoms with Gasteiger partial charge in [0.15, 0.2) is 0 Å². The van der Waals surface area contributed by atoms with E-state index in [1.807, 2.05) is 43.3 Å². The largest absolute Gasteiger partial charge is 0.497 e. The first-order chi connectivity index (χ1) is 22.5. The molecule has 0 bridgehead atoms. The van der Waals surface area contributed by atoms with Gasteiger partial charge in [0, 0.05) is 23.9 Å². The molecule has 1 aromatic carbocycles. The summed E-state index contributed by atoms with van der Waals surface area (Å²) in [6.07, 6.45) is 9.46. The van der Waals surface area contributed by atoms with Crippen molar-refractivity contribution in [3.8, 4) is 11.6 Å². The van der Waals surface area contributed by atoms with Crippen LogP contribution >= 0.6 is 12.4 Å². The number of carbonyl (C=O) groups is 3. The summed E-state index contributed by atoms with van der Waals surface area (Å²) in [6.45, 7) is 4.26. The minimum atomic E-state index is -3.84. The molecule has 2 saturated carbocycles. The number of benzene rings is 1. The van der Waals surface area contributed by atoms with Crippen molar-refractivity contribution in [1.29, 1.82) is 0 Å². The van der Waals surface area contributed by atoms with Gasteiger partial charge in [-0.25, -0.2) is 13.4 Å². The molecule has 2 aliphatic heterocycles. The summed E-state index contributed by atoms with van der Waals surface area (Å²) in [6, 6.07) is 5.58. The Bertz CT molecular complexity index is 1680. The lowest BCUT2D eigenvalue weighted by Crippen LogP contribution is -2.58. The zero-order valence-corrected chi connectivity index (χ0v) is 29.2. The number of rotatable bonds is 7. The molecule has 48 heavy (non-hydrogen) atoms. The topological polar surface area (TPSA) is 170 Å². The Morgan fingerprint density at radius 1 is 1.19 bits per heavy atom. The molecular weight excluding hydrogens is 658 g/mol. The standard InChI is InChI=1S/C34H45N5O7S.ClH/c1-4-21-15-20(2)7-5-6-8-23-18-34(23,33(42)38-47(43,44)26-10-11-26)37-30(40)28-17-25(19-39(28)32(41)29(21)35)46-31-27-12-9-24(45-3)16-22(27)13-14-36-31;/h6,8-9,12-14,16,20-21,23,25-26,28-29H,4-5,7,10-11,15,17-19,35H2,1-3H3,(H,37,40)(H,38,42);1H/b8-6-;/t20-,21-,23-,25-,28+,29+,34-;/m1./s1. The highest BCUT2D eigenvalue weighted by Gasteiger charge is 2.62. The Morgan fingerprint density at radius 2 is 1.96 bits per heavy atom. The zero-order chi connectivity index (χ0) is 33.5. The Kier molecular flexibility index (Phi) is 10.6. The number of methoxy groups -OCH3 is 1. The molecule has 2 aromatic rings. The van der Waals surface area contributed by atoms with Gasteiger partial charge >= 0.3 is 0 Å². The average Bonchev–Trinajstić information content (AvgIpc) is 3.98. The third kappa shape index (κ3) is 7.28. The van der Waals surface area contributed by atoms with Crippen LogP contribution in [0.5, 0.6) is 11.6 Å². The minimum absolute atomic E-state index is 0. The molecule has 7 atom stereocenters. The van der Waals surface area contributed by atoms with Crippen molar-refractivity contribution in [3.63, 3.8) is 0 Å². The summed E-state index contributed by atoms with van der Waals surface area (Å²) in [5.74, 6) is -0.737. The fourth-order valence-corrected chi connectivity index (χ4v) is 8.45. The van der Waals surface area contributed by atoms with Crippen molar-refractivity contribution >= 4 is 50.9 Å². The van der Waals surface area contributed by atoms with E-state index in [0.29, 0.717) is 36.8 Å². The highest BCUT2D eigenvalue weighted by molar-refractivity contribution is 7.91. The molecule has 0 spiro atoms. The Labute approximate surface area is 288 Å². The van der Waals surface area contributed by atoms with Crippen LogP contribution in [-0.4, -0.2) is 78.7 Å². The van der Waals surface area contributed by atoms with Gasteiger partial charge in [-0.1, -0.05) is 32.4 Å². The first-order valence-corrected chi connectivity index (χ1v) is 18.2. The summed E-state index contributed by atoms with van der Waals surface area (Å²) < 4.78 is 39.4. The second kappa shape index (κ2) is 14.2. The Balaban J connectivity index is 0.00000451. The molecule has 4 N–H and O–H groups in total. The lowest BCUT2D eigenvalue weighted by molar-refractivity contribution is -0.141. The SMILES string of the molecule is CC[C@@H]1C[C@H](C)CC/C=C\[C@@H]2C[C@@]2(C(=O)NS(=O)(=O)C2CC2)NC(=O)[C@@H]2C[C@@H](Oc3nccc4cc(OC)ccc34)CN2C(=O)[C@H]1N.Cl. The van der Waals surface area contributed by atoms with Crippen LogP contribution in [0.1, 0.15) is 65.2 Å². The van der Waals surface area contributed by atoms with Crippen LogP contribution < -0.4 is 25.2 Å². The molecule has 1 aromatic heterocycles. The number of nitrogens with zero attached hydrogens (tertiary/aromatic N) is 2. The fourth-order valence-electron chi connectivity index (χ4n) is 7.09. The van der Waals surface area contributed by atoms with Crippen molar-refractivity contribution in [2.75, 3.05) is 13.7 Å². The van der Waals surface area contributed by atoms with Crippen LogP contribution in [0.3, 0.4) is 0 Å². The molecule has 0 radical (unpaired) electrons. The summed E-state index contributed by atoms with van der Waals surface area (Å²) in [4.78, 5) is 47.8. The van der Waals surface area contributed by atoms with Crippen LogP contribution in [-0.2, 0) is 24.4 Å². The van der Waals surface area contributed by atoms with Crippen LogP contribution in [0.2, 0.25) is 0 Å². The molecule has 3 amide bonds. The molecule has 12 nitrogen and oxygen atoms in total. The average molecular weight is 704 g/mol. The number of aromatic nitrogens is 1. The highest BCUT2D eigenvalue weighted by atomic mass is 35.5. The maximum Gasteiger partial charge on any atom is 0.259 e. The second-order valence-electron chi connectivity index (χ2n) is 13.7. The first kappa shape index (κ1) is 35.9. The maximum atomic E-state index is 14.1. The van der Waals surface area contributed by atoms with Crippen LogP contribution in [0.15, 0.2) is 42.6 Å². The number of hydrogen-bond acceptors (Lipinski definition) is 9. The van der Waals surface area contributed by atoms with E-state index in [9.17, 15) is 22.8 Å². The van der Waals surface area contributed by atoms with E-state index in [1.54, 1.807) is 13.3 Å². The third-order valence-electron chi connectivity index (χ3n) is 10.2. The number of fused-ring (bicyclic) bond motifs is 3. The van der Waals surface area contributed by atoms with Gasteiger partial charge in [0.2, 0.25) is 27.7 Å². The first-order valence-electron chi connectivity index (χ1n) is 16.7. The maximum absolute atomic E-state index is 14.1. The molecule has 3 fully saturated rings. The van der Waals surface area contributed by atoms with Crippen LogP contribution in [0.25, 0.3) is 10.8 Å². The molecule has 0 unspecified atom stereocenters. The molecule has 6 rings (SSSR count). The molecule has 2 aliphatic carbocycles. The Hall–Kier alpha value is -3.42. The minimum Gasteiger partial charge on any atom is -0.497 e. The third-order valence-corrected chi connectivity index (χ3v) is 12.1. The number of nitrogens with two attached hydrogens (primary N) is 1. The molecule has 1 saturated heterocycles. The van der Waals surface area contributed by atoms with Crippen molar-refractivity contribution < 1.29 is 32.3 Å². The van der Waals surface area contributed by atoms with Crippen molar-refractivity contribution in [3.05, 3.63) is 42.6 Å². The molecule has 3 heterocycles. The summed E-state index contributed by atoms with van der Waals surface area (Å²) in [7, 11) is -2.24. The molecule has 14 heteroatoms. The predicted molar refractivity (Wildman–Crippen MR) is 183 cm³/mol. The number of nitrogens with one attached hydrogen (secondary N) is 2. The number of ether oxygens (including phenoxy) is 2. The number of sulfonamides is 1. The van der Waals surface area contributed by atoms with Gasteiger partial charge in [0.1, 0.15) is 23.4 Å². The van der Waals surface area contributed by atoms with Crippen LogP contribution in [0, 0.1) is 17.8 Å². The number of amides is 3. The monoisotopic (exact) mass is 703 g/mol. The smallest absolute Gasteiger partial charge is 0.259 e. The molecule has 4 aliphatic rings. The quantitative estimate of drug-likeness (QED) is 0.367. The lowest BCUT2D eigenvalue weighted by atomic mass is 9.85. The van der Waals surface area contributed by atoms with E-state index in [4.69, 9.17) is 15.2 Å². The summed E-state index contributed by atoms with van der Waals surface area (Å²) in [5.41, 5.74) is 5.23. The second-order valence-corrected chi connectivity index (χ2v) is 15.6. The van der Waals surface area contributed by atoms with Crippen molar-refractivity contribution in [2.45, 2.75) is 94.2 Å². The molecule has 262 valence electrons. The number of hydrogen-bond donors (Lipinski definition) is 3. The van der Waals surface area contributed by atoms with Crippen LogP contribution in [0.4, 0.5) is 0 Å². The predicted octanol–water partition coefficient (Wildman–Crippen LogP) is 3.23. The lowest BCUT2D eigenvalue weighted by Gasteiger charge is -2.31.